The maximum absolute atomic E-state index is 3.74. The van der Waals surface area contributed by atoms with Crippen LogP contribution in [-0.2, 0) is 0 Å². The summed E-state index contributed by atoms with van der Waals surface area (Å²) >= 11 is 0. The second-order valence-electron chi connectivity index (χ2n) is 5.23. The molecule has 0 aromatic carbocycles. The predicted octanol–water partition coefficient (Wildman–Crippen LogP) is 2.64. The van der Waals surface area contributed by atoms with Crippen molar-refractivity contribution in [3.8, 4) is 0 Å². The van der Waals surface area contributed by atoms with Gasteiger partial charge in [-0.2, -0.15) is 0 Å². The lowest BCUT2D eigenvalue weighted by atomic mass is 9.91. The standard InChI is InChI=1S/C13H28N2/c1-5-8-13(9-7-10-14-13)11-15(4)12(3)6-2/h12,14H,5-11H2,1-4H3. The van der Waals surface area contributed by atoms with E-state index in [-0.39, 0.29) is 0 Å². The third-order valence-corrected chi connectivity index (χ3v) is 3.96. The molecular weight excluding hydrogens is 184 g/mol. The van der Waals surface area contributed by atoms with Gasteiger partial charge in [-0.15, -0.1) is 0 Å². The molecule has 1 rings (SSSR count). The van der Waals surface area contributed by atoms with Gasteiger partial charge in [-0.3, -0.25) is 0 Å². The van der Waals surface area contributed by atoms with Crippen LogP contribution in [0.3, 0.4) is 0 Å². The molecule has 1 saturated heterocycles. The average Bonchev–Trinajstić information content (AvgIpc) is 2.65. The van der Waals surface area contributed by atoms with Crippen molar-refractivity contribution in [3.63, 3.8) is 0 Å². The highest BCUT2D eigenvalue weighted by atomic mass is 15.2. The van der Waals surface area contributed by atoms with E-state index in [0.717, 1.165) is 0 Å². The lowest BCUT2D eigenvalue weighted by Crippen LogP contribution is -2.50. The Bertz CT molecular complexity index is 173. The van der Waals surface area contributed by atoms with E-state index in [4.69, 9.17) is 0 Å². The molecule has 0 bridgehead atoms. The zero-order valence-electron chi connectivity index (χ0n) is 11.0. The van der Waals surface area contributed by atoms with Crippen molar-refractivity contribution in [2.75, 3.05) is 20.1 Å². The Hall–Kier alpha value is -0.0800. The molecule has 0 radical (unpaired) electrons. The maximum atomic E-state index is 3.74. The monoisotopic (exact) mass is 212 g/mol. The molecule has 0 amide bonds. The van der Waals surface area contributed by atoms with E-state index < -0.39 is 0 Å². The minimum atomic E-state index is 0.424. The SMILES string of the molecule is CCCC1(CN(C)C(C)CC)CCCN1. The highest BCUT2D eigenvalue weighted by Gasteiger charge is 2.33. The number of likely N-dealkylation sites (N-methyl/N-ethyl adjacent to an activating group) is 1. The van der Waals surface area contributed by atoms with Crippen LogP contribution in [0.5, 0.6) is 0 Å². The van der Waals surface area contributed by atoms with Gasteiger partial charge in [0.25, 0.3) is 0 Å². The first kappa shape index (κ1) is 13.0. The summed E-state index contributed by atoms with van der Waals surface area (Å²) in [5.41, 5.74) is 0.424. The van der Waals surface area contributed by atoms with E-state index in [2.05, 4.69) is 38.0 Å². The summed E-state index contributed by atoms with van der Waals surface area (Å²) in [7, 11) is 2.27. The molecule has 0 aromatic heterocycles. The van der Waals surface area contributed by atoms with Crippen LogP contribution in [0.2, 0.25) is 0 Å². The Kier molecular flexibility index (Phi) is 5.07. The highest BCUT2D eigenvalue weighted by Crippen LogP contribution is 2.26. The van der Waals surface area contributed by atoms with Crippen LogP contribution in [0, 0.1) is 0 Å². The summed E-state index contributed by atoms with van der Waals surface area (Å²) in [6, 6.07) is 0.709. The van der Waals surface area contributed by atoms with Crippen molar-refractivity contribution in [1.82, 2.24) is 10.2 Å². The Morgan fingerprint density at radius 3 is 2.60 bits per heavy atom. The predicted molar refractivity (Wildman–Crippen MR) is 67.3 cm³/mol. The van der Waals surface area contributed by atoms with Crippen LogP contribution in [0.1, 0.15) is 52.9 Å². The molecular formula is C13H28N2. The molecule has 2 nitrogen and oxygen atoms in total. The molecule has 1 fully saturated rings. The lowest BCUT2D eigenvalue weighted by Gasteiger charge is -2.36. The maximum Gasteiger partial charge on any atom is 0.0309 e. The minimum Gasteiger partial charge on any atom is -0.310 e. The summed E-state index contributed by atoms with van der Waals surface area (Å²) in [4.78, 5) is 2.52. The van der Waals surface area contributed by atoms with Crippen LogP contribution in [0.15, 0.2) is 0 Å². The van der Waals surface area contributed by atoms with Crippen LogP contribution < -0.4 is 5.32 Å². The first-order chi connectivity index (χ1) is 7.13. The van der Waals surface area contributed by atoms with Crippen molar-refractivity contribution in [1.29, 1.82) is 0 Å². The number of hydrogen-bond donors (Lipinski definition) is 1. The van der Waals surface area contributed by atoms with Gasteiger partial charge in [0.1, 0.15) is 0 Å². The van der Waals surface area contributed by atoms with Gasteiger partial charge in [0.15, 0.2) is 0 Å². The van der Waals surface area contributed by atoms with Gasteiger partial charge in [-0.05, 0) is 46.2 Å². The summed E-state index contributed by atoms with van der Waals surface area (Å²) < 4.78 is 0. The van der Waals surface area contributed by atoms with Gasteiger partial charge in [0, 0.05) is 18.1 Å². The van der Waals surface area contributed by atoms with E-state index in [1.807, 2.05) is 0 Å². The third kappa shape index (κ3) is 3.46. The Morgan fingerprint density at radius 1 is 1.40 bits per heavy atom. The number of rotatable bonds is 6. The molecule has 2 atom stereocenters. The molecule has 0 aromatic rings. The van der Waals surface area contributed by atoms with Crippen LogP contribution >= 0.6 is 0 Å². The Balaban J connectivity index is 2.50. The number of nitrogens with zero attached hydrogens (tertiary/aromatic N) is 1. The van der Waals surface area contributed by atoms with Crippen molar-refractivity contribution in [3.05, 3.63) is 0 Å². The topological polar surface area (TPSA) is 15.3 Å². The van der Waals surface area contributed by atoms with Gasteiger partial charge in [0.2, 0.25) is 0 Å². The van der Waals surface area contributed by atoms with Gasteiger partial charge in [-0.1, -0.05) is 20.3 Å². The summed E-state index contributed by atoms with van der Waals surface area (Å²) in [6.45, 7) is 9.33. The quantitative estimate of drug-likeness (QED) is 0.728. The molecule has 2 heteroatoms. The summed E-state index contributed by atoms with van der Waals surface area (Å²) in [5.74, 6) is 0. The van der Waals surface area contributed by atoms with Gasteiger partial charge < -0.3 is 10.2 Å². The molecule has 15 heavy (non-hydrogen) atoms. The Labute approximate surface area is 95.4 Å². The fraction of sp³-hybridized carbons (Fsp3) is 1.00. The fourth-order valence-corrected chi connectivity index (χ4v) is 2.72. The normalized spacial score (nSPS) is 28.6. The number of hydrogen-bond acceptors (Lipinski definition) is 2. The van der Waals surface area contributed by atoms with Crippen LogP contribution in [0.25, 0.3) is 0 Å². The van der Waals surface area contributed by atoms with E-state index in [1.165, 1.54) is 45.2 Å². The molecule has 1 N–H and O–H groups in total. The third-order valence-electron chi connectivity index (χ3n) is 3.96. The zero-order valence-corrected chi connectivity index (χ0v) is 11.0. The highest BCUT2D eigenvalue weighted by molar-refractivity contribution is 4.95. The molecule has 1 aliphatic rings. The molecule has 2 unspecified atom stereocenters. The second kappa shape index (κ2) is 5.86. The van der Waals surface area contributed by atoms with E-state index >= 15 is 0 Å². The molecule has 0 aliphatic carbocycles. The van der Waals surface area contributed by atoms with Crippen molar-refractivity contribution < 1.29 is 0 Å². The minimum absolute atomic E-state index is 0.424. The number of nitrogens with one attached hydrogen (secondary N) is 1. The molecule has 90 valence electrons. The first-order valence-corrected chi connectivity index (χ1v) is 6.59. The van der Waals surface area contributed by atoms with Crippen molar-refractivity contribution >= 4 is 0 Å². The zero-order chi connectivity index (χ0) is 11.3. The van der Waals surface area contributed by atoms with Crippen molar-refractivity contribution in [2.24, 2.45) is 0 Å². The summed E-state index contributed by atoms with van der Waals surface area (Å²) in [6.07, 6.45) is 6.59. The van der Waals surface area contributed by atoms with E-state index in [9.17, 15) is 0 Å². The van der Waals surface area contributed by atoms with Crippen LogP contribution in [0.4, 0.5) is 0 Å². The second-order valence-corrected chi connectivity index (χ2v) is 5.23. The first-order valence-electron chi connectivity index (χ1n) is 6.59. The lowest BCUT2D eigenvalue weighted by molar-refractivity contribution is 0.171. The van der Waals surface area contributed by atoms with Gasteiger partial charge in [0.05, 0.1) is 0 Å². The molecule has 1 heterocycles. The Morgan fingerprint density at radius 2 is 2.13 bits per heavy atom. The molecule has 1 aliphatic heterocycles. The largest absolute Gasteiger partial charge is 0.310 e. The average molecular weight is 212 g/mol. The van der Waals surface area contributed by atoms with Crippen LogP contribution in [-0.4, -0.2) is 36.6 Å². The van der Waals surface area contributed by atoms with E-state index in [1.54, 1.807) is 0 Å². The van der Waals surface area contributed by atoms with Crippen molar-refractivity contribution in [2.45, 2.75) is 64.5 Å². The van der Waals surface area contributed by atoms with E-state index in [0.29, 0.717) is 11.6 Å². The van der Waals surface area contributed by atoms with Gasteiger partial charge in [-0.25, -0.2) is 0 Å². The fourth-order valence-electron chi connectivity index (χ4n) is 2.72. The van der Waals surface area contributed by atoms with Gasteiger partial charge >= 0.3 is 0 Å². The molecule has 0 saturated carbocycles. The summed E-state index contributed by atoms with van der Waals surface area (Å²) in [5, 5.41) is 3.74. The molecule has 0 spiro atoms. The smallest absolute Gasteiger partial charge is 0.0309 e.